The molecule has 86 valence electrons. The first kappa shape index (κ1) is 13.9. The zero-order chi connectivity index (χ0) is 12.0. The fourth-order valence-corrected chi connectivity index (χ4v) is 0.990. The van der Waals surface area contributed by atoms with Gasteiger partial charge in [-0.2, -0.15) is 0 Å². The summed E-state index contributed by atoms with van der Waals surface area (Å²) in [5, 5.41) is 3.33. The lowest BCUT2D eigenvalue weighted by atomic mass is 10.0. The van der Waals surface area contributed by atoms with Crippen LogP contribution in [0.4, 0.5) is 0 Å². The van der Waals surface area contributed by atoms with Gasteiger partial charge in [0.05, 0.1) is 5.70 Å². The molecule has 0 saturated carbocycles. The van der Waals surface area contributed by atoms with E-state index in [0.717, 1.165) is 11.4 Å². The Hall–Kier alpha value is -1.05. The second-order valence-corrected chi connectivity index (χ2v) is 4.44. The molecule has 0 amide bonds. The minimum absolute atomic E-state index is 0.435. The largest absolute Gasteiger partial charge is 0.358 e. The zero-order valence-electron chi connectivity index (χ0n) is 10.9. The topological polar surface area (TPSA) is 24.4 Å². The highest BCUT2D eigenvalue weighted by atomic mass is 14.9. The van der Waals surface area contributed by atoms with Gasteiger partial charge in [-0.05, 0) is 24.3 Å². The summed E-state index contributed by atoms with van der Waals surface area (Å²) in [6.45, 7) is 14.7. The Morgan fingerprint density at radius 3 is 2.07 bits per heavy atom. The van der Waals surface area contributed by atoms with Crippen LogP contribution in [0, 0.1) is 11.8 Å². The standard InChI is InChI=1S/C13H24N2/c1-9(2)11(5)13(8-14-7)15-12(6)10(3)4/h8-10,15H,6H2,1-5,7H3/b13-11-,14-8-. The number of hydrogen-bond acceptors (Lipinski definition) is 2. The average molecular weight is 208 g/mol. The van der Waals surface area contributed by atoms with Crippen LogP contribution in [-0.4, -0.2) is 13.3 Å². The Bertz CT molecular complexity index is 270. The van der Waals surface area contributed by atoms with Gasteiger partial charge in [-0.25, -0.2) is 0 Å². The van der Waals surface area contributed by atoms with E-state index in [9.17, 15) is 0 Å². The van der Waals surface area contributed by atoms with E-state index in [-0.39, 0.29) is 0 Å². The monoisotopic (exact) mass is 208 g/mol. The molecular formula is C13H24N2. The number of aliphatic imine (C=N–C) groups is 1. The van der Waals surface area contributed by atoms with Crippen molar-refractivity contribution in [2.45, 2.75) is 34.6 Å². The molecule has 2 nitrogen and oxygen atoms in total. The first-order valence-corrected chi connectivity index (χ1v) is 5.48. The first-order chi connectivity index (χ1) is 6.90. The summed E-state index contributed by atoms with van der Waals surface area (Å²) in [5.74, 6) is 0.954. The van der Waals surface area contributed by atoms with Gasteiger partial charge in [-0.3, -0.25) is 4.99 Å². The number of nitrogens with one attached hydrogen (secondary N) is 1. The van der Waals surface area contributed by atoms with Crippen molar-refractivity contribution in [3.05, 3.63) is 23.5 Å². The summed E-state index contributed by atoms with van der Waals surface area (Å²) in [5.41, 5.74) is 3.42. The normalized spacial score (nSPS) is 13.6. The molecule has 0 aromatic carbocycles. The summed E-state index contributed by atoms with van der Waals surface area (Å²) in [6.07, 6.45) is 1.86. The molecule has 0 aliphatic carbocycles. The minimum atomic E-state index is 0.435. The maximum atomic E-state index is 4.07. The van der Waals surface area contributed by atoms with E-state index in [1.165, 1.54) is 5.57 Å². The quantitative estimate of drug-likeness (QED) is 0.688. The van der Waals surface area contributed by atoms with Crippen LogP contribution in [0.1, 0.15) is 34.6 Å². The molecule has 0 fully saturated rings. The van der Waals surface area contributed by atoms with Crippen molar-refractivity contribution in [1.29, 1.82) is 0 Å². The Balaban J connectivity index is 4.84. The minimum Gasteiger partial charge on any atom is -0.358 e. The molecule has 2 heteroatoms. The Kier molecular flexibility index (Phi) is 5.99. The molecule has 1 N–H and O–H groups in total. The van der Waals surface area contributed by atoms with Crippen molar-refractivity contribution < 1.29 is 0 Å². The number of hydrogen-bond donors (Lipinski definition) is 1. The van der Waals surface area contributed by atoms with E-state index in [2.05, 4.69) is 51.5 Å². The van der Waals surface area contributed by atoms with Gasteiger partial charge < -0.3 is 5.32 Å². The Morgan fingerprint density at radius 2 is 1.73 bits per heavy atom. The molecule has 0 bridgehead atoms. The molecule has 0 heterocycles. The van der Waals surface area contributed by atoms with Crippen LogP contribution in [0.2, 0.25) is 0 Å². The fraction of sp³-hybridized carbons (Fsp3) is 0.615. The third kappa shape index (κ3) is 4.82. The van der Waals surface area contributed by atoms with E-state index in [4.69, 9.17) is 0 Å². The summed E-state index contributed by atoms with van der Waals surface area (Å²) in [7, 11) is 1.79. The van der Waals surface area contributed by atoms with Gasteiger partial charge in [-0.1, -0.05) is 34.3 Å². The van der Waals surface area contributed by atoms with E-state index in [0.29, 0.717) is 11.8 Å². The van der Waals surface area contributed by atoms with E-state index < -0.39 is 0 Å². The molecule has 0 saturated heterocycles. The summed E-state index contributed by atoms with van der Waals surface area (Å²) in [4.78, 5) is 4.07. The summed E-state index contributed by atoms with van der Waals surface area (Å²) in [6, 6.07) is 0. The third-order valence-electron chi connectivity index (χ3n) is 2.54. The molecular weight excluding hydrogens is 184 g/mol. The van der Waals surface area contributed by atoms with Gasteiger partial charge in [0, 0.05) is 19.0 Å². The van der Waals surface area contributed by atoms with Crippen LogP contribution >= 0.6 is 0 Å². The average Bonchev–Trinajstić information content (AvgIpc) is 2.15. The van der Waals surface area contributed by atoms with Crippen LogP contribution in [0.15, 0.2) is 28.5 Å². The highest BCUT2D eigenvalue weighted by molar-refractivity contribution is 5.79. The van der Waals surface area contributed by atoms with E-state index in [1.54, 1.807) is 7.05 Å². The lowest BCUT2D eigenvalue weighted by Gasteiger charge is -2.17. The summed E-state index contributed by atoms with van der Waals surface area (Å²) < 4.78 is 0. The molecule has 15 heavy (non-hydrogen) atoms. The maximum absolute atomic E-state index is 4.07. The van der Waals surface area contributed by atoms with Gasteiger partial charge in [0.2, 0.25) is 0 Å². The van der Waals surface area contributed by atoms with Gasteiger partial charge in [0.1, 0.15) is 0 Å². The summed E-state index contributed by atoms with van der Waals surface area (Å²) >= 11 is 0. The molecule has 0 radical (unpaired) electrons. The second kappa shape index (κ2) is 6.44. The lowest BCUT2D eigenvalue weighted by molar-refractivity contribution is 0.694. The zero-order valence-corrected chi connectivity index (χ0v) is 10.9. The molecule has 0 atom stereocenters. The number of nitrogens with zero attached hydrogens (tertiary/aromatic N) is 1. The highest BCUT2D eigenvalue weighted by Crippen LogP contribution is 2.14. The fourth-order valence-electron chi connectivity index (χ4n) is 0.990. The van der Waals surface area contributed by atoms with Crippen LogP contribution in [0.25, 0.3) is 0 Å². The number of rotatable bonds is 5. The van der Waals surface area contributed by atoms with Crippen LogP contribution in [-0.2, 0) is 0 Å². The van der Waals surface area contributed by atoms with E-state index >= 15 is 0 Å². The van der Waals surface area contributed by atoms with Crippen molar-refractivity contribution in [2.75, 3.05) is 7.05 Å². The molecule has 0 spiro atoms. The Morgan fingerprint density at radius 1 is 1.20 bits per heavy atom. The smallest absolute Gasteiger partial charge is 0.0554 e. The molecule has 0 aromatic rings. The predicted molar refractivity (Wildman–Crippen MR) is 69.1 cm³/mol. The molecule has 0 aliphatic heterocycles. The SMILES string of the molecule is C=C(NC(/C=N\C)=C(/C)C(C)C)C(C)C. The van der Waals surface area contributed by atoms with Crippen LogP contribution in [0.5, 0.6) is 0 Å². The van der Waals surface area contributed by atoms with Gasteiger partial charge >= 0.3 is 0 Å². The van der Waals surface area contributed by atoms with Gasteiger partial charge in [0.15, 0.2) is 0 Å². The Labute approximate surface area is 94.2 Å². The first-order valence-electron chi connectivity index (χ1n) is 5.48. The number of allylic oxidation sites excluding steroid dienone is 3. The van der Waals surface area contributed by atoms with Gasteiger partial charge in [0.25, 0.3) is 0 Å². The van der Waals surface area contributed by atoms with Crippen molar-refractivity contribution in [1.82, 2.24) is 5.32 Å². The van der Waals surface area contributed by atoms with Crippen LogP contribution < -0.4 is 5.32 Å². The van der Waals surface area contributed by atoms with Crippen molar-refractivity contribution in [3.63, 3.8) is 0 Å². The molecule has 0 rings (SSSR count). The third-order valence-corrected chi connectivity index (χ3v) is 2.54. The highest BCUT2D eigenvalue weighted by Gasteiger charge is 2.07. The maximum Gasteiger partial charge on any atom is 0.0554 e. The van der Waals surface area contributed by atoms with E-state index in [1.807, 2.05) is 6.21 Å². The predicted octanol–water partition coefficient (Wildman–Crippen LogP) is 3.38. The molecule has 0 unspecified atom stereocenters. The molecule has 0 aromatic heterocycles. The molecule has 0 aliphatic rings. The lowest BCUT2D eigenvalue weighted by Crippen LogP contribution is -2.19. The van der Waals surface area contributed by atoms with Gasteiger partial charge in [-0.15, -0.1) is 0 Å². The van der Waals surface area contributed by atoms with Crippen molar-refractivity contribution in [2.24, 2.45) is 16.8 Å². The van der Waals surface area contributed by atoms with Crippen LogP contribution in [0.3, 0.4) is 0 Å². The van der Waals surface area contributed by atoms with Crippen molar-refractivity contribution >= 4 is 6.21 Å². The second-order valence-electron chi connectivity index (χ2n) is 4.44. The van der Waals surface area contributed by atoms with Crippen molar-refractivity contribution in [3.8, 4) is 0 Å².